The molecule has 0 unspecified atom stereocenters. The van der Waals surface area contributed by atoms with E-state index in [4.69, 9.17) is 4.74 Å². The van der Waals surface area contributed by atoms with Crippen LogP contribution in [0.1, 0.15) is 11.3 Å². The molecule has 1 aromatic heterocycles. The van der Waals surface area contributed by atoms with Crippen molar-refractivity contribution in [2.45, 2.75) is 18.0 Å². The Labute approximate surface area is 152 Å². The predicted molar refractivity (Wildman–Crippen MR) is 97.0 cm³/mol. The topological polar surface area (TPSA) is 60.3 Å². The van der Waals surface area contributed by atoms with E-state index in [1.165, 1.54) is 25.3 Å². The van der Waals surface area contributed by atoms with Crippen molar-refractivity contribution in [2.24, 2.45) is 0 Å². The molecule has 1 N–H and O–H groups in total. The molecule has 136 valence electrons. The molecule has 7 heteroatoms. The van der Waals surface area contributed by atoms with E-state index in [0.29, 0.717) is 17.9 Å². The number of ether oxygens (including phenoxy) is 1. The second-order valence-electron chi connectivity index (χ2n) is 5.72. The molecule has 0 amide bonds. The van der Waals surface area contributed by atoms with Crippen molar-refractivity contribution in [2.75, 3.05) is 7.11 Å². The summed E-state index contributed by atoms with van der Waals surface area (Å²) in [4.78, 5) is 0.158. The SMILES string of the molecule is COc1ccc(S(=O)(=O)NCc2cccn2Cc2ccccc2F)cc1. The Morgan fingerprint density at radius 1 is 1.04 bits per heavy atom. The average Bonchev–Trinajstić information content (AvgIpc) is 3.09. The monoisotopic (exact) mass is 374 g/mol. The fraction of sp³-hybridized carbons (Fsp3) is 0.158. The first-order valence-corrected chi connectivity index (χ1v) is 9.49. The number of hydrogen-bond acceptors (Lipinski definition) is 3. The van der Waals surface area contributed by atoms with Gasteiger partial charge in [-0.25, -0.2) is 17.5 Å². The molecule has 0 saturated heterocycles. The zero-order chi connectivity index (χ0) is 18.6. The fourth-order valence-electron chi connectivity index (χ4n) is 2.58. The zero-order valence-electron chi connectivity index (χ0n) is 14.2. The molecule has 26 heavy (non-hydrogen) atoms. The van der Waals surface area contributed by atoms with E-state index in [1.807, 2.05) is 4.57 Å². The summed E-state index contributed by atoms with van der Waals surface area (Å²) in [6, 6.07) is 16.3. The highest BCUT2D eigenvalue weighted by Gasteiger charge is 2.15. The molecular formula is C19H19FN2O3S. The van der Waals surface area contributed by atoms with Crippen LogP contribution in [-0.4, -0.2) is 20.1 Å². The molecule has 3 rings (SSSR count). The first-order valence-electron chi connectivity index (χ1n) is 8.01. The van der Waals surface area contributed by atoms with E-state index in [9.17, 15) is 12.8 Å². The van der Waals surface area contributed by atoms with E-state index in [-0.39, 0.29) is 17.3 Å². The van der Waals surface area contributed by atoms with Crippen molar-refractivity contribution in [3.63, 3.8) is 0 Å². The van der Waals surface area contributed by atoms with Gasteiger partial charge in [0.05, 0.1) is 25.1 Å². The number of methoxy groups -OCH3 is 1. The third-order valence-corrected chi connectivity index (χ3v) is 5.45. The van der Waals surface area contributed by atoms with Gasteiger partial charge in [-0.15, -0.1) is 0 Å². The molecule has 5 nitrogen and oxygen atoms in total. The molecular weight excluding hydrogens is 355 g/mol. The number of sulfonamides is 1. The van der Waals surface area contributed by atoms with Gasteiger partial charge < -0.3 is 9.30 Å². The van der Waals surface area contributed by atoms with E-state index in [0.717, 1.165) is 5.69 Å². The van der Waals surface area contributed by atoms with Gasteiger partial charge in [0.25, 0.3) is 0 Å². The maximum Gasteiger partial charge on any atom is 0.240 e. The summed E-state index contributed by atoms with van der Waals surface area (Å²) in [5.41, 5.74) is 1.29. The molecule has 1 heterocycles. The first kappa shape index (κ1) is 18.2. The Hall–Kier alpha value is -2.64. The van der Waals surface area contributed by atoms with Crippen LogP contribution in [0.2, 0.25) is 0 Å². The first-order chi connectivity index (χ1) is 12.5. The molecule has 3 aromatic rings. The lowest BCUT2D eigenvalue weighted by Gasteiger charge is -2.12. The number of hydrogen-bond donors (Lipinski definition) is 1. The number of nitrogens with zero attached hydrogens (tertiary/aromatic N) is 1. The van der Waals surface area contributed by atoms with Gasteiger partial charge in [0, 0.05) is 17.5 Å². The van der Waals surface area contributed by atoms with Crippen LogP contribution in [0.15, 0.2) is 71.8 Å². The number of aromatic nitrogens is 1. The van der Waals surface area contributed by atoms with Crippen molar-refractivity contribution in [1.82, 2.24) is 9.29 Å². The van der Waals surface area contributed by atoms with Gasteiger partial charge in [-0.05, 0) is 42.5 Å². The highest BCUT2D eigenvalue weighted by atomic mass is 32.2. The third kappa shape index (κ3) is 4.12. The van der Waals surface area contributed by atoms with Crippen LogP contribution < -0.4 is 9.46 Å². The molecule has 0 aliphatic rings. The van der Waals surface area contributed by atoms with Gasteiger partial charge in [-0.2, -0.15) is 0 Å². The summed E-state index contributed by atoms with van der Waals surface area (Å²) >= 11 is 0. The maximum absolute atomic E-state index is 13.8. The number of halogens is 1. The van der Waals surface area contributed by atoms with E-state index >= 15 is 0 Å². The van der Waals surface area contributed by atoms with Gasteiger partial charge in [-0.1, -0.05) is 18.2 Å². The number of nitrogens with one attached hydrogen (secondary N) is 1. The summed E-state index contributed by atoms with van der Waals surface area (Å²) < 4.78 is 48.1. The van der Waals surface area contributed by atoms with Crippen LogP contribution in [0, 0.1) is 5.82 Å². The Morgan fingerprint density at radius 3 is 2.46 bits per heavy atom. The van der Waals surface area contributed by atoms with Gasteiger partial charge in [0.2, 0.25) is 10.0 Å². The molecule has 0 atom stereocenters. The van der Waals surface area contributed by atoms with Crippen LogP contribution in [-0.2, 0) is 23.1 Å². The molecule has 0 radical (unpaired) electrons. The normalized spacial score (nSPS) is 11.5. The smallest absolute Gasteiger partial charge is 0.240 e. The summed E-state index contributed by atoms with van der Waals surface area (Å²) in [5, 5.41) is 0. The Kier molecular flexibility index (Phi) is 5.39. The van der Waals surface area contributed by atoms with Crippen LogP contribution in [0.4, 0.5) is 4.39 Å². The summed E-state index contributed by atoms with van der Waals surface area (Å²) in [6.07, 6.45) is 1.80. The minimum Gasteiger partial charge on any atom is -0.497 e. The molecule has 0 spiro atoms. The standard InChI is InChI=1S/C19H19FN2O3S/c1-25-17-8-10-18(11-9-17)26(23,24)21-13-16-6-4-12-22(16)14-15-5-2-3-7-19(15)20/h2-12,21H,13-14H2,1H3. The Balaban J connectivity index is 1.72. The predicted octanol–water partition coefficient (Wildman–Crippen LogP) is 3.16. The molecule has 0 aliphatic carbocycles. The van der Waals surface area contributed by atoms with Crippen LogP contribution in [0.5, 0.6) is 5.75 Å². The highest BCUT2D eigenvalue weighted by Crippen LogP contribution is 2.16. The van der Waals surface area contributed by atoms with E-state index in [2.05, 4.69) is 4.72 Å². The van der Waals surface area contributed by atoms with Crippen LogP contribution >= 0.6 is 0 Å². The van der Waals surface area contributed by atoms with Crippen molar-refractivity contribution < 1.29 is 17.5 Å². The van der Waals surface area contributed by atoms with Crippen molar-refractivity contribution in [3.8, 4) is 5.75 Å². The average molecular weight is 374 g/mol. The zero-order valence-corrected chi connectivity index (χ0v) is 15.0. The van der Waals surface area contributed by atoms with Gasteiger partial charge >= 0.3 is 0 Å². The summed E-state index contributed by atoms with van der Waals surface area (Å²) in [5.74, 6) is 0.300. The lowest BCUT2D eigenvalue weighted by Crippen LogP contribution is -2.24. The quantitative estimate of drug-likeness (QED) is 0.691. The molecule has 2 aromatic carbocycles. The second-order valence-corrected chi connectivity index (χ2v) is 7.49. The second kappa shape index (κ2) is 7.72. The third-order valence-electron chi connectivity index (χ3n) is 4.04. The minimum absolute atomic E-state index is 0.107. The van der Waals surface area contributed by atoms with Crippen molar-refractivity contribution in [1.29, 1.82) is 0 Å². The largest absolute Gasteiger partial charge is 0.497 e. The van der Waals surface area contributed by atoms with Crippen molar-refractivity contribution >= 4 is 10.0 Å². The maximum atomic E-state index is 13.8. The minimum atomic E-state index is -3.65. The highest BCUT2D eigenvalue weighted by molar-refractivity contribution is 7.89. The molecule has 0 fully saturated rings. The van der Waals surface area contributed by atoms with Crippen LogP contribution in [0.25, 0.3) is 0 Å². The number of rotatable bonds is 7. The summed E-state index contributed by atoms with van der Waals surface area (Å²) in [6.45, 7) is 0.440. The molecule has 0 bridgehead atoms. The van der Waals surface area contributed by atoms with Crippen molar-refractivity contribution in [3.05, 3.63) is 83.9 Å². The number of benzene rings is 2. The van der Waals surface area contributed by atoms with Gasteiger partial charge in [-0.3, -0.25) is 0 Å². The Morgan fingerprint density at radius 2 is 1.77 bits per heavy atom. The summed E-state index contributed by atoms with van der Waals surface area (Å²) in [7, 11) is -2.13. The lowest BCUT2D eigenvalue weighted by molar-refractivity contribution is 0.414. The lowest BCUT2D eigenvalue weighted by atomic mass is 10.2. The van der Waals surface area contributed by atoms with E-state index in [1.54, 1.807) is 48.7 Å². The van der Waals surface area contributed by atoms with E-state index < -0.39 is 10.0 Å². The fourth-order valence-corrected chi connectivity index (χ4v) is 3.58. The van der Waals surface area contributed by atoms with Gasteiger partial charge in [0.1, 0.15) is 11.6 Å². The van der Waals surface area contributed by atoms with Gasteiger partial charge in [0.15, 0.2) is 0 Å². The molecule has 0 aliphatic heterocycles. The Bertz CT molecular complexity index is 982. The van der Waals surface area contributed by atoms with Crippen LogP contribution in [0.3, 0.4) is 0 Å². The molecule has 0 saturated carbocycles.